The molecule has 2 aromatic carbocycles. The third-order valence-electron chi connectivity index (χ3n) is 8.99. The van der Waals surface area contributed by atoms with Crippen molar-refractivity contribution in [1.82, 2.24) is 30.4 Å². The predicted octanol–water partition coefficient (Wildman–Crippen LogP) is 4.92. The Hall–Kier alpha value is -3.59. The van der Waals surface area contributed by atoms with Crippen LogP contribution in [0.15, 0.2) is 35.2 Å². The fraction of sp³-hybridized carbons (Fsp3) is 0.438. The molecule has 0 spiro atoms. The van der Waals surface area contributed by atoms with Gasteiger partial charge in [0.1, 0.15) is 23.1 Å². The first-order valence-electron chi connectivity index (χ1n) is 14.8. The van der Waals surface area contributed by atoms with Gasteiger partial charge in [0.05, 0.1) is 5.54 Å². The first-order valence-corrected chi connectivity index (χ1v) is 16.1. The molecule has 7 rings (SSSR count). The Bertz CT molecular complexity index is 1790. The van der Waals surface area contributed by atoms with Crippen molar-refractivity contribution in [2.45, 2.75) is 55.3 Å². The number of nitrogens with zero attached hydrogens (tertiary/aromatic N) is 6. The van der Waals surface area contributed by atoms with Gasteiger partial charge in [-0.2, -0.15) is 0 Å². The molecule has 3 atom stereocenters. The average Bonchev–Trinajstić information content (AvgIpc) is 3.55. The standard InChI is InChI=1S/C32H33F2N7OS/c1-3-21-18-40(13-11-35-21)31-30-29(36-25(37-31)8-10-32-9-5-12-41(32)17-20(33)16-32)27(34)28(38-39-30)23-15-22(42)14-19-6-4-7-24(43-2)26(19)23/h4,6-7,14-15,20-21,35,42H,3,5,9,11-13,16-18H2,1-2H3/t20-,21+,32-/m1/s1. The molecule has 0 saturated carbocycles. The van der Waals surface area contributed by atoms with Crippen LogP contribution in [0, 0.1) is 17.7 Å². The lowest BCUT2D eigenvalue weighted by Gasteiger charge is -2.34. The molecule has 5 heterocycles. The number of hydrogen-bond acceptors (Lipinski definition) is 9. The normalized spacial score (nSPS) is 24.0. The second-order valence-corrected chi connectivity index (χ2v) is 12.5. The number of aromatic nitrogens is 4. The van der Waals surface area contributed by atoms with Crippen molar-refractivity contribution in [1.29, 1.82) is 0 Å². The Morgan fingerprint density at radius 1 is 1.16 bits per heavy atom. The van der Waals surface area contributed by atoms with E-state index >= 15 is 4.39 Å². The summed E-state index contributed by atoms with van der Waals surface area (Å²) in [4.78, 5) is 14.6. The van der Waals surface area contributed by atoms with Crippen molar-refractivity contribution in [3.63, 3.8) is 0 Å². The maximum Gasteiger partial charge on any atom is 0.207 e. The maximum atomic E-state index is 16.7. The molecule has 4 aromatic rings. The molecule has 3 saturated heterocycles. The van der Waals surface area contributed by atoms with Gasteiger partial charge in [0.25, 0.3) is 0 Å². The number of benzene rings is 2. The molecule has 0 aliphatic carbocycles. The van der Waals surface area contributed by atoms with Crippen molar-refractivity contribution in [3.05, 3.63) is 42.0 Å². The summed E-state index contributed by atoms with van der Waals surface area (Å²) in [5, 5.41) is 24.5. The Morgan fingerprint density at radius 3 is 2.88 bits per heavy atom. The smallest absolute Gasteiger partial charge is 0.207 e. The van der Waals surface area contributed by atoms with E-state index in [1.807, 2.05) is 24.5 Å². The number of anilines is 1. The predicted molar refractivity (Wildman–Crippen MR) is 166 cm³/mol. The third kappa shape index (κ3) is 4.95. The summed E-state index contributed by atoms with van der Waals surface area (Å²) in [7, 11) is 0. The molecule has 0 bridgehead atoms. The second kappa shape index (κ2) is 11.2. The summed E-state index contributed by atoms with van der Waals surface area (Å²) in [5.74, 6) is 6.48. The fourth-order valence-corrected chi connectivity index (χ4v) is 7.53. The van der Waals surface area contributed by atoms with Gasteiger partial charge >= 0.3 is 0 Å². The minimum Gasteiger partial charge on any atom is -0.508 e. The van der Waals surface area contributed by atoms with Crippen LogP contribution in [0.1, 0.15) is 38.4 Å². The molecule has 3 aliphatic heterocycles. The number of nitrogens with one attached hydrogen (secondary N) is 1. The van der Waals surface area contributed by atoms with Gasteiger partial charge in [0, 0.05) is 54.5 Å². The number of fused-ring (bicyclic) bond motifs is 3. The van der Waals surface area contributed by atoms with Crippen LogP contribution in [-0.2, 0) is 0 Å². The largest absolute Gasteiger partial charge is 0.508 e. The molecule has 222 valence electrons. The van der Waals surface area contributed by atoms with E-state index in [1.54, 1.807) is 6.07 Å². The molecule has 2 N–H and O–H groups in total. The highest BCUT2D eigenvalue weighted by Crippen LogP contribution is 2.41. The lowest BCUT2D eigenvalue weighted by molar-refractivity contribution is 0.255. The Balaban J connectivity index is 1.42. The van der Waals surface area contributed by atoms with Crippen LogP contribution in [-0.4, -0.2) is 86.9 Å². The van der Waals surface area contributed by atoms with Crippen molar-refractivity contribution < 1.29 is 13.9 Å². The van der Waals surface area contributed by atoms with Crippen molar-refractivity contribution in [2.75, 3.05) is 43.9 Å². The molecule has 3 aliphatic rings. The molecule has 8 nitrogen and oxygen atoms in total. The first-order chi connectivity index (χ1) is 20.9. The first kappa shape index (κ1) is 28.2. The average molecular weight is 602 g/mol. The number of hydrogen-bond donors (Lipinski definition) is 2. The maximum absolute atomic E-state index is 16.7. The van der Waals surface area contributed by atoms with Crippen LogP contribution in [0.2, 0.25) is 0 Å². The van der Waals surface area contributed by atoms with Crippen LogP contribution in [0.5, 0.6) is 5.75 Å². The van der Waals surface area contributed by atoms with E-state index in [-0.39, 0.29) is 34.3 Å². The van der Waals surface area contributed by atoms with Gasteiger partial charge in [-0.15, -0.1) is 22.0 Å². The highest BCUT2D eigenvalue weighted by molar-refractivity contribution is 7.98. The van der Waals surface area contributed by atoms with E-state index in [2.05, 4.69) is 49.1 Å². The summed E-state index contributed by atoms with van der Waals surface area (Å²) in [6.07, 6.45) is 4.10. The lowest BCUT2D eigenvalue weighted by Crippen LogP contribution is -2.50. The number of thioether (sulfide) groups is 1. The van der Waals surface area contributed by atoms with Gasteiger partial charge in [-0.3, -0.25) is 4.90 Å². The molecule has 2 aromatic heterocycles. The van der Waals surface area contributed by atoms with E-state index in [4.69, 9.17) is 4.98 Å². The third-order valence-corrected chi connectivity index (χ3v) is 9.77. The SMILES string of the molecule is CC[C@H]1CN(c2nc(C#C[C@@]34CCCN3C[C@H](F)C4)nc3c(F)c(-c4cc(O)cc5cccc(SC)c45)nnc23)CCN1. The highest BCUT2D eigenvalue weighted by atomic mass is 32.2. The van der Waals surface area contributed by atoms with Crippen LogP contribution >= 0.6 is 11.8 Å². The zero-order valence-electron chi connectivity index (χ0n) is 24.2. The van der Waals surface area contributed by atoms with Crippen molar-refractivity contribution >= 4 is 39.4 Å². The van der Waals surface area contributed by atoms with E-state index in [0.717, 1.165) is 48.0 Å². The Morgan fingerprint density at radius 2 is 2.05 bits per heavy atom. The van der Waals surface area contributed by atoms with E-state index < -0.39 is 17.5 Å². The van der Waals surface area contributed by atoms with Gasteiger partial charge in [-0.05, 0) is 61.6 Å². The summed E-state index contributed by atoms with van der Waals surface area (Å²) in [5.41, 5.74) is 0.202. The number of halogens is 2. The zero-order chi connectivity index (χ0) is 29.7. The van der Waals surface area contributed by atoms with Gasteiger partial charge in [0.15, 0.2) is 17.2 Å². The van der Waals surface area contributed by atoms with Gasteiger partial charge in [0.2, 0.25) is 5.82 Å². The Kier molecular flexibility index (Phi) is 7.32. The van der Waals surface area contributed by atoms with Gasteiger partial charge < -0.3 is 15.3 Å². The highest BCUT2D eigenvalue weighted by Gasteiger charge is 2.47. The van der Waals surface area contributed by atoms with Gasteiger partial charge in [-0.1, -0.05) is 25.0 Å². The molecule has 3 fully saturated rings. The monoisotopic (exact) mass is 601 g/mol. The summed E-state index contributed by atoms with van der Waals surface area (Å²) >= 11 is 1.53. The number of phenolic OH excluding ortho intramolecular Hbond substituents is 1. The van der Waals surface area contributed by atoms with Crippen LogP contribution < -0.4 is 10.2 Å². The zero-order valence-corrected chi connectivity index (χ0v) is 25.0. The molecule has 11 heteroatoms. The van der Waals surface area contributed by atoms with Crippen LogP contribution in [0.4, 0.5) is 14.6 Å². The quantitative estimate of drug-likeness (QED) is 0.250. The number of rotatable bonds is 4. The van der Waals surface area contributed by atoms with E-state index in [0.29, 0.717) is 37.4 Å². The number of phenols is 1. The number of piperazine rings is 1. The van der Waals surface area contributed by atoms with Gasteiger partial charge in [-0.25, -0.2) is 18.7 Å². The fourth-order valence-electron chi connectivity index (χ4n) is 6.89. The minimum absolute atomic E-state index is 0.00169. The number of aromatic hydroxyl groups is 1. The number of alkyl halides is 1. The van der Waals surface area contributed by atoms with Crippen LogP contribution in [0.3, 0.4) is 0 Å². The minimum atomic E-state index is -0.909. The van der Waals surface area contributed by atoms with Crippen LogP contribution in [0.25, 0.3) is 33.1 Å². The molecule has 0 radical (unpaired) electrons. The molecule has 0 unspecified atom stereocenters. The molecule has 43 heavy (non-hydrogen) atoms. The molecular weight excluding hydrogens is 568 g/mol. The topological polar surface area (TPSA) is 90.3 Å². The summed E-state index contributed by atoms with van der Waals surface area (Å²) in [6, 6.07) is 9.17. The second-order valence-electron chi connectivity index (χ2n) is 11.6. The lowest BCUT2D eigenvalue weighted by atomic mass is 9.94. The summed E-state index contributed by atoms with van der Waals surface area (Å²) in [6.45, 7) is 5.42. The Labute approximate surface area is 253 Å². The van der Waals surface area contributed by atoms with E-state index in [1.165, 1.54) is 17.8 Å². The van der Waals surface area contributed by atoms with E-state index in [9.17, 15) is 9.50 Å². The molecular formula is C32H33F2N7OS. The van der Waals surface area contributed by atoms with Crippen molar-refractivity contribution in [2.24, 2.45) is 0 Å². The summed E-state index contributed by atoms with van der Waals surface area (Å²) < 4.78 is 31.1. The van der Waals surface area contributed by atoms with Crippen molar-refractivity contribution in [3.8, 4) is 28.8 Å². The molecule has 0 amide bonds.